The van der Waals surface area contributed by atoms with Gasteiger partial charge >= 0.3 is 0 Å². The Hall–Kier alpha value is -3.13. The predicted octanol–water partition coefficient (Wildman–Crippen LogP) is 3.20. The fourth-order valence-corrected chi connectivity index (χ4v) is 8.92. The maximum Gasteiger partial charge on any atom is 0.281 e. The molecule has 13 heteroatoms. The molecule has 1 aromatic heterocycles. The van der Waals surface area contributed by atoms with E-state index >= 15 is 0 Å². The van der Waals surface area contributed by atoms with Gasteiger partial charge in [0.15, 0.2) is 0 Å². The third-order valence-electron chi connectivity index (χ3n) is 10.5. The summed E-state index contributed by atoms with van der Waals surface area (Å²) in [6.45, 7) is 8.38. The Morgan fingerprint density at radius 1 is 1.24 bits per heavy atom. The molecule has 1 aromatic carbocycles. The van der Waals surface area contributed by atoms with E-state index in [0.29, 0.717) is 48.9 Å². The van der Waals surface area contributed by atoms with Crippen molar-refractivity contribution in [2.75, 3.05) is 20.1 Å². The number of amides is 3. The van der Waals surface area contributed by atoms with Gasteiger partial charge in [-0.25, -0.2) is 0 Å². The Kier molecular flexibility index (Phi) is 7.08. The molecule has 2 aromatic rings. The second-order valence-electron chi connectivity index (χ2n) is 13.9. The second-order valence-corrected chi connectivity index (χ2v) is 14.7. The van der Waals surface area contributed by atoms with Gasteiger partial charge in [-0.05, 0) is 77.3 Å². The molecule has 0 unspecified atom stereocenters. The van der Waals surface area contributed by atoms with Crippen molar-refractivity contribution in [2.45, 2.75) is 83.1 Å². The first kappa shape index (κ1) is 30.5. The number of fused-ring (bicyclic) bond motifs is 5. The lowest BCUT2D eigenvalue weighted by Gasteiger charge is -2.49. The van der Waals surface area contributed by atoms with Crippen molar-refractivity contribution in [2.24, 2.45) is 23.0 Å². The summed E-state index contributed by atoms with van der Waals surface area (Å²) in [4.78, 5) is 59.0. The third-order valence-corrected chi connectivity index (χ3v) is 11.3. The minimum Gasteiger partial charge on any atom is -0.347 e. The number of likely N-dealkylation sites (N-methyl/N-ethyl adjacent to an activating group) is 1. The maximum absolute atomic E-state index is 14.5. The number of carbonyl (C=O) groups excluding carboxylic acids is 3. The highest BCUT2D eigenvalue weighted by Gasteiger charge is 2.72. The molecule has 1 aliphatic carbocycles. The number of aliphatic hydroxyl groups is 1. The molecule has 12 nitrogen and oxygen atoms in total. The van der Waals surface area contributed by atoms with Crippen LogP contribution in [0.25, 0.3) is 16.5 Å². The molecule has 3 amide bonds. The topological polar surface area (TPSA) is 137 Å². The summed E-state index contributed by atoms with van der Waals surface area (Å²) in [5, 5.41) is 19.3. The van der Waals surface area contributed by atoms with E-state index in [0.717, 1.165) is 22.1 Å². The van der Waals surface area contributed by atoms with Gasteiger partial charge in [0.1, 0.15) is 16.7 Å². The van der Waals surface area contributed by atoms with Crippen LogP contribution in [0.2, 0.25) is 0 Å². The summed E-state index contributed by atoms with van der Waals surface area (Å²) in [7, 11) is 1.96. The maximum atomic E-state index is 14.5. The Balaban J connectivity index is 1.26. The molecule has 0 bridgehead atoms. The van der Waals surface area contributed by atoms with Crippen molar-refractivity contribution in [1.82, 2.24) is 24.7 Å². The van der Waals surface area contributed by atoms with Gasteiger partial charge in [-0.2, -0.15) is 4.68 Å². The van der Waals surface area contributed by atoms with Crippen molar-refractivity contribution < 1.29 is 24.2 Å². The van der Waals surface area contributed by atoms with Crippen molar-refractivity contribution in [1.29, 1.82) is 0 Å². The highest BCUT2D eigenvalue weighted by Crippen LogP contribution is 2.49. The molecule has 7 rings (SSSR count). The van der Waals surface area contributed by atoms with Crippen molar-refractivity contribution in [3.05, 3.63) is 44.9 Å². The van der Waals surface area contributed by atoms with E-state index in [-0.39, 0.29) is 17.9 Å². The van der Waals surface area contributed by atoms with Crippen molar-refractivity contribution in [3.63, 3.8) is 0 Å². The third kappa shape index (κ3) is 4.16. The van der Waals surface area contributed by atoms with E-state index in [9.17, 15) is 24.4 Å². The zero-order valence-corrected chi connectivity index (χ0v) is 27.7. The van der Waals surface area contributed by atoms with Gasteiger partial charge in [-0.3, -0.25) is 28.9 Å². The van der Waals surface area contributed by atoms with Gasteiger partial charge in [-0.15, -0.1) is 4.91 Å². The summed E-state index contributed by atoms with van der Waals surface area (Å²) >= 11 is 3.57. The van der Waals surface area contributed by atoms with Crippen LogP contribution in [0.15, 0.2) is 34.2 Å². The summed E-state index contributed by atoms with van der Waals surface area (Å²) in [6, 6.07) is 4.10. The lowest BCUT2D eigenvalue weighted by Crippen LogP contribution is -2.71. The average Bonchev–Trinajstić information content (AvgIpc) is 3.66. The van der Waals surface area contributed by atoms with E-state index < -0.39 is 47.4 Å². The number of rotatable bonds is 6. The Morgan fingerprint density at radius 2 is 2.00 bits per heavy atom. The first-order valence-corrected chi connectivity index (χ1v) is 16.6. The molecule has 5 aliphatic rings. The minimum atomic E-state index is -2.05. The molecule has 0 saturated carbocycles. The van der Waals surface area contributed by atoms with Crippen LogP contribution in [0.3, 0.4) is 0 Å². The lowest BCUT2D eigenvalue weighted by molar-refractivity contribution is -0.322. The molecular formula is C32H39BrN6O6. The van der Waals surface area contributed by atoms with Crippen LogP contribution in [-0.4, -0.2) is 92.1 Å². The number of aromatic nitrogens is 1. The predicted molar refractivity (Wildman–Crippen MR) is 169 cm³/mol. The van der Waals surface area contributed by atoms with Crippen molar-refractivity contribution >= 4 is 50.1 Å². The molecule has 4 aliphatic heterocycles. The molecular weight excluding hydrogens is 644 g/mol. The molecule has 3 fully saturated rings. The normalized spacial score (nSPS) is 32.7. The summed E-state index contributed by atoms with van der Waals surface area (Å²) in [6.07, 6.45) is 4.15. The van der Waals surface area contributed by atoms with Crippen LogP contribution in [0, 0.1) is 22.7 Å². The number of piperazine rings is 1. The smallest absolute Gasteiger partial charge is 0.281 e. The van der Waals surface area contributed by atoms with E-state index in [4.69, 9.17) is 4.74 Å². The number of hydrogen-bond donors (Lipinski definition) is 2. The SMILES string of the molecule is CC(C)C[C@H]1C(=O)N2CCC[C@H]2[C@]2(O)O[C@](NC(=O)[C@@H]3C=C4c5cccc6c5c(c(Br)n6N=O)C[C@H]4N(C)C3)(C(C)C)C(=O)N12. The number of ether oxygens (including phenoxy) is 1. The van der Waals surface area contributed by atoms with Gasteiger partial charge in [0.2, 0.25) is 17.5 Å². The van der Waals surface area contributed by atoms with Gasteiger partial charge in [0, 0.05) is 30.4 Å². The zero-order chi connectivity index (χ0) is 32.2. The lowest BCUT2D eigenvalue weighted by atomic mass is 9.79. The van der Waals surface area contributed by atoms with Crippen LogP contribution in [0.1, 0.15) is 58.1 Å². The summed E-state index contributed by atoms with van der Waals surface area (Å²) < 4.78 is 8.42. The van der Waals surface area contributed by atoms with Gasteiger partial charge in [-0.1, -0.05) is 45.9 Å². The Labute approximate surface area is 269 Å². The molecule has 6 atom stereocenters. The number of nitrogens with zero attached hydrogens (tertiary/aromatic N) is 5. The quantitative estimate of drug-likeness (QED) is 0.447. The Morgan fingerprint density at radius 3 is 2.69 bits per heavy atom. The highest BCUT2D eigenvalue weighted by atomic mass is 79.9. The monoisotopic (exact) mass is 682 g/mol. The van der Waals surface area contributed by atoms with E-state index in [1.54, 1.807) is 18.7 Å². The van der Waals surface area contributed by atoms with E-state index in [1.807, 2.05) is 45.2 Å². The number of hydrogen-bond acceptors (Lipinski definition) is 8. The largest absolute Gasteiger partial charge is 0.347 e. The molecule has 240 valence electrons. The molecule has 2 N–H and O–H groups in total. The molecule has 3 saturated heterocycles. The van der Waals surface area contributed by atoms with Gasteiger partial charge in [0.25, 0.3) is 11.8 Å². The summed E-state index contributed by atoms with van der Waals surface area (Å²) in [5.41, 5.74) is 1.73. The van der Waals surface area contributed by atoms with Gasteiger partial charge in [0.05, 0.1) is 16.7 Å². The number of halogens is 1. The van der Waals surface area contributed by atoms with Crippen LogP contribution >= 0.6 is 15.9 Å². The number of carbonyl (C=O) groups is 3. The number of benzene rings is 1. The van der Waals surface area contributed by atoms with Crippen molar-refractivity contribution in [3.8, 4) is 0 Å². The number of nitrogens with one attached hydrogen (secondary N) is 1. The number of nitroso groups, excluding NO2 is 1. The standard InChI is InChI=1S/C32H39BrN6O6/c1-16(2)12-24-29(41)37-11-7-10-25(37)32(43)38(24)30(42)31(45-32,17(3)4)34-28(40)18-13-20-19-8-6-9-22-26(19)21(27(33)39(22)35-44)14-23(20)36(5)15-18/h6,8-9,13,16-18,23-25,43H,7,10-12,14-15H2,1-5H3,(H,34,40)/t18-,23-,24+,25+,31-,32+/m1/s1. The summed E-state index contributed by atoms with van der Waals surface area (Å²) in [5.74, 6) is -4.32. The first-order chi connectivity index (χ1) is 21.3. The highest BCUT2D eigenvalue weighted by molar-refractivity contribution is 9.10. The fourth-order valence-electron chi connectivity index (χ4n) is 8.31. The van der Waals surface area contributed by atoms with Crippen LogP contribution in [0.4, 0.5) is 0 Å². The van der Waals surface area contributed by atoms with Crippen LogP contribution in [-0.2, 0) is 25.5 Å². The average molecular weight is 684 g/mol. The van der Waals surface area contributed by atoms with Crippen LogP contribution in [0.5, 0.6) is 0 Å². The van der Waals surface area contributed by atoms with E-state index in [1.165, 1.54) is 9.58 Å². The molecule has 0 spiro atoms. The first-order valence-electron chi connectivity index (χ1n) is 15.8. The Bertz CT molecular complexity index is 1670. The molecule has 0 radical (unpaired) electrons. The van der Waals surface area contributed by atoms with Gasteiger partial charge < -0.3 is 15.3 Å². The zero-order valence-electron chi connectivity index (χ0n) is 26.1. The molecule has 45 heavy (non-hydrogen) atoms. The van der Waals surface area contributed by atoms with E-state index in [2.05, 4.69) is 31.4 Å². The molecule has 5 heterocycles. The second kappa shape index (κ2) is 10.4. The van der Waals surface area contributed by atoms with Crippen LogP contribution < -0.4 is 5.32 Å². The fraction of sp³-hybridized carbons (Fsp3) is 0.594. The minimum absolute atomic E-state index is 0.0276.